The van der Waals surface area contributed by atoms with Crippen molar-refractivity contribution in [3.63, 3.8) is 0 Å². The molecular weight excluding hydrogens is 310 g/mol. The minimum Gasteiger partial charge on any atom is -0.382 e. The first kappa shape index (κ1) is 16.5. The van der Waals surface area contributed by atoms with Crippen LogP contribution < -0.4 is 0 Å². The van der Waals surface area contributed by atoms with Gasteiger partial charge in [-0.15, -0.1) is 0 Å². The topological polar surface area (TPSA) is 37.7 Å². The Kier molecular flexibility index (Phi) is 4.97. The molecule has 4 rings (SSSR count). The average Bonchev–Trinajstić information content (AvgIpc) is 3.09. The summed E-state index contributed by atoms with van der Waals surface area (Å²) < 4.78 is 5.38. The standard InChI is InChI=1S/C21H27N3O/c1-25-15-18-8-6-12-24(18)23-21-11-5-3-9-19(21)17-13-16-7-2-4-10-20(16)22-14-17/h2,4,7,10,13-14,18-19H,3,5-6,8-9,11-12,15H2,1H3. The number of methoxy groups -OCH3 is 1. The van der Waals surface area contributed by atoms with E-state index in [4.69, 9.17) is 9.84 Å². The Labute approximate surface area is 149 Å². The van der Waals surface area contributed by atoms with E-state index in [0.29, 0.717) is 12.0 Å². The SMILES string of the molecule is COCC1CCCN1N=C1CCCCC1c1cnc2ccccc2c1. The van der Waals surface area contributed by atoms with Crippen molar-refractivity contribution in [2.45, 2.75) is 50.5 Å². The predicted octanol–water partition coefficient (Wildman–Crippen LogP) is 4.36. The summed E-state index contributed by atoms with van der Waals surface area (Å²) >= 11 is 0. The quantitative estimate of drug-likeness (QED) is 0.832. The van der Waals surface area contributed by atoms with Gasteiger partial charge in [-0.2, -0.15) is 5.10 Å². The van der Waals surface area contributed by atoms with Gasteiger partial charge in [-0.25, -0.2) is 0 Å². The third-order valence-corrected chi connectivity index (χ3v) is 5.55. The van der Waals surface area contributed by atoms with Gasteiger partial charge in [0, 0.05) is 36.9 Å². The first-order valence-corrected chi connectivity index (χ1v) is 9.53. The van der Waals surface area contributed by atoms with Crippen LogP contribution in [0.25, 0.3) is 10.9 Å². The van der Waals surface area contributed by atoms with Crippen molar-refractivity contribution in [3.8, 4) is 0 Å². The number of para-hydroxylation sites is 1. The smallest absolute Gasteiger partial charge is 0.0704 e. The minimum atomic E-state index is 0.412. The van der Waals surface area contributed by atoms with E-state index in [0.717, 1.165) is 25.1 Å². The molecular formula is C21H27N3O. The third-order valence-electron chi connectivity index (χ3n) is 5.55. The highest BCUT2D eigenvalue weighted by atomic mass is 16.5. The number of pyridine rings is 1. The van der Waals surface area contributed by atoms with Gasteiger partial charge in [-0.05, 0) is 49.8 Å². The van der Waals surface area contributed by atoms with E-state index < -0.39 is 0 Å². The van der Waals surface area contributed by atoms with E-state index in [1.165, 1.54) is 48.8 Å². The van der Waals surface area contributed by atoms with Crippen LogP contribution in [0.1, 0.15) is 50.0 Å². The van der Waals surface area contributed by atoms with E-state index >= 15 is 0 Å². The van der Waals surface area contributed by atoms with E-state index in [2.05, 4.69) is 40.5 Å². The fourth-order valence-corrected chi connectivity index (χ4v) is 4.23. The summed E-state index contributed by atoms with van der Waals surface area (Å²) in [6, 6.07) is 11.1. The summed E-state index contributed by atoms with van der Waals surface area (Å²) in [7, 11) is 1.79. The minimum absolute atomic E-state index is 0.412. The molecule has 1 aliphatic carbocycles. The number of nitrogens with zero attached hydrogens (tertiary/aromatic N) is 3. The molecule has 2 unspecified atom stereocenters. The molecule has 2 aliphatic rings. The molecule has 0 radical (unpaired) electrons. The third kappa shape index (κ3) is 3.54. The molecule has 2 fully saturated rings. The molecule has 0 bridgehead atoms. The zero-order chi connectivity index (χ0) is 17.1. The zero-order valence-electron chi connectivity index (χ0n) is 15.0. The van der Waals surface area contributed by atoms with Gasteiger partial charge in [0.1, 0.15) is 0 Å². The molecule has 2 heterocycles. The number of hydrogen-bond donors (Lipinski definition) is 0. The molecule has 0 spiro atoms. The van der Waals surface area contributed by atoms with Crippen molar-refractivity contribution in [2.24, 2.45) is 5.10 Å². The van der Waals surface area contributed by atoms with Gasteiger partial charge in [0.25, 0.3) is 0 Å². The van der Waals surface area contributed by atoms with Crippen molar-refractivity contribution in [1.82, 2.24) is 9.99 Å². The van der Waals surface area contributed by atoms with Crippen LogP contribution in [0.3, 0.4) is 0 Å². The summed E-state index contributed by atoms with van der Waals surface area (Å²) in [5, 5.41) is 8.62. The Morgan fingerprint density at radius 1 is 1.20 bits per heavy atom. The normalized spacial score (nSPS) is 25.8. The highest BCUT2D eigenvalue weighted by Gasteiger charge is 2.27. The van der Waals surface area contributed by atoms with Crippen LogP contribution in [-0.4, -0.2) is 42.0 Å². The lowest BCUT2D eigenvalue weighted by molar-refractivity contribution is 0.117. The van der Waals surface area contributed by atoms with Crippen LogP contribution >= 0.6 is 0 Å². The molecule has 1 aromatic carbocycles. The summed E-state index contributed by atoms with van der Waals surface area (Å²) in [5.41, 5.74) is 3.73. The van der Waals surface area contributed by atoms with Crippen LogP contribution in [0.5, 0.6) is 0 Å². The fraction of sp³-hybridized carbons (Fsp3) is 0.524. The summed E-state index contributed by atoms with van der Waals surface area (Å²) in [5.74, 6) is 0.412. The van der Waals surface area contributed by atoms with Crippen LogP contribution in [-0.2, 0) is 4.74 Å². The first-order chi connectivity index (χ1) is 12.3. The Balaban J connectivity index is 1.62. The van der Waals surface area contributed by atoms with Gasteiger partial charge in [0.2, 0.25) is 0 Å². The Morgan fingerprint density at radius 2 is 2.12 bits per heavy atom. The number of benzene rings is 1. The van der Waals surface area contributed by atoms with Gasteiger partial charge < -0.3 is 4.74 Å². The lowest BCUT2D eigenvalue weighted by atomic mass is 9.82. The second kappa shape index (κ2) is 7.52. The van der Waals surface area contributed by atoms with Crippen LogP contribution in [0.15, 0.2) is 41.6 Å². The number of aromatic nitrogens is 1. The molecule has 0 N–H and O–H groups in total. The van der Waals surface area contributed by atoms with Gasteiger partial charge >= 0.3 is 0 Å². The molecule has 1 aliphatic heterocycles. The summed E-state index contributed by atoms with van der Waals surface area (Å²) in [4.78, 5) is 4.68. The maximum absolute atomic E-state index is 5.38. The lowest BCUT2D eigenvalue weighted by Gasteiger charge is -2.28. The van der Waals surface area contributed by atoms with Gasteiger partial charge in [-0.3, -0.25) is 9.99 Å². The largest absolute Gasteiger partial charge is 0.382 e. The Bertz CT molecular complexity index is 758. The predicted molar refractivity (Wildman–Crippen MR) is 102 cm³/mol. The number of hydrazone groups is 1. The van der Waals surface area contributed by atoms with E-state index in [9.17, 15) is 0 Å². The maximum atomic E-state index is 5.38. The second-order valence-corrected chi connectivity index (χ2v) is 7.27. The summed E-state index contributed by atoms with van der Waals surface area (Å²) in [6.45, 7) is 1.83. The zero-order valence-corrected chi connectivity index (χ0v) is 15.0. The lowest BCUT2D eigenvalue weighted by Crippen LogP contribution is -2.31. The van der Waals surface area contributed by atoms with Crippen LogP contribution in [0.4, 0.5) is 0 Å². The van der Waals surface area contributed by atoms with E-state index in [1.54, 1.807) is 7.11 Å². The highest BCUT2D eigenvalue weighted by Crippen LogP contribution is 2.33. The number of fused-ring (bicyclic) bond motifs is 1. The van der Waals surface area contributed by atoms with E-state index in [-0.39, 0.29) is 0 Å². The van der Waals surface area contributed by atoms with Crippen molar-refractivity contribution in [1.29, 1.82) is 0 Å². The molecule has 4 heteroatoms. The van der Waals surface area contributed by atoms with Crippen molar-refractivity contribution in [3.05, 3.63) is 42.1 Å². The van der Waals surface area contributed by atoms with Crippen LogP contribution in [0.2, 0.25) is 0 Å². The Hall–Kier alpha value is -1.94. The first-order valence-electron chi connectivity index (χ1n) is 9.53. The van der Waals surface area contributed by atoms with Crippen molar-refractivity contribution in [2.75, 3.05) is 20.3 Å². The van der Waals surface area contributed by atoms with Gasteiger partial charge in [0.05, 0.1) is 18.2 Å². The molecule has 2 aromatic rings. The molecule has 0 amide bonds. The Morgan fingerprint density at radius 3 is 3.04 bits per heavy atom. The molecule has 132 valence electrons. The molecule has 2 atom stereocenters. The number of ether oxygens (including phenoxy) is 1. The van der Waals surface area contributed by atoms with Crippen molar-refractivity contribution < 1.29 is 4.74 Å². The summed E-state index contributed by atoms with van der Waals surface area (Å²) in [6.07, 6.45) is 9.27. The average molecular weight is 337 g/mol. The monoisotopic (exact) mass is 337 g/mol. The molecule has 1 saturated carbocycles. The van der Waals surface area contributed by atoms with Crippen LogP contribution in [0, 0.1) is 0 Å². The molecule has 1 saturated heterocycles. The van der Waals surface area contributed by atoms with E-state index in [1.807, 2.05) is 6.07 Å². The van der Waals surface area contributed by atoms with Gasteiger partial charge in [-0.1, -0.05) is 24.6 Å². The fourth-order valence-electron chi connectivity index (χ4n) is 4.23. The molecule has 1 aromatic heterocycles. The van der Waals surface area contributed by atoms with Crippen molar-refractivity contribution >= 4 is 16.6 Å². The molecule has 4 nitrogen and oxygen atoms in total. The maximum Gasteiger partial charge on any atom is 0.0704 e. The number of hydrogen-bond acceptors (Lipinski definition) is 4. The van der Waals surface area contributed by atoms with Gasteiger partial charge in [0.15, 0.2) is 0 Å². The molecule has 25 heavy (non-hydrogen) atoms. The second-order valence-electron chi connectivity index (χ2n) is 7.27. The number of rotatable bonds is 4. The highest BCUT2D eigenvalue weighted by molar-refractivity contribution is 5.92.